The van der Waals surface area contributed by atoms with Crippen molar-refractivity contribution in [3.63, 3.8) is 0 Å². The molecule has 1 amide bonds. The molecule has 0 bridgehead atoms. The summed E-state index contributed by atoms with van der Waals surface area (Å²) < 4.78 is 0. The monoisotopic (exact) mass is 337 g/mol. The van der Waals surface area contributed by atoms with Gasteiger partial charge in [0.05, 0.1) is 10.6 Å². The van der Waals surface area contributed by atoms with Crippen molar-refractivity contribution in [3.05, 3.63) is 40.2 Å². The number of carbonyl (C=O) groups is 1. The minimum atomic E-state index is -0.132. The van der Waals surface area contributed by atoms with Gasteiger partial charge in [0.1, 0.15) is 11.1 Å². The fourth-order valence-electron chi connectivity index (χ4n) is 1.61. The van der Waals surface area contributed by atoms with Crippen LogP contribution in [0.3, 0.4) is 0 Å². The maximum absolute atomic E-state index is 11.8. The molecule has 0 unspecified atom stereocenters. The van der Waals surface area contributed by atoms with E-state index >= 15 is 0 Å². The molecule has 3 N–H and O–H groups in total. The third kappa shape index (κ3) is 4.14. The minimum absolute atomic E-state index is 0.132. The molecule has 7 heteroatoms. The lowest BCUT2D eigenvalue weighted by Gasteiger charge is -2.07. The van der Waals surface area contributed by atoms with Crippen molar-refractivity contribution < 1.29 is 4.79 Å². The number of nitrogen functional groups attached to an aromatic ring is 1. The van der Waals surface area contributed by atoms with Crippen molar-refractivity contribution >= 4 is 51.3 Å². The van der Waals surface area contributed by atoms with Gasteiger partial charge in [-0.05, 0) is 23.6 Å². The Kier molecular flexibility index (Phi) is 5.51. The summed E-state index contributed by atoms with van der Waals surface area (Å²) in [6, 6.07) is 9.05. The Morgan fingerprint density at radius 2 is 2.29 bits per heavy atom. The Morgan fingerprint density at radius 1 is 1.48 bits per heavy atom. The van der Waals surface area contributed by atoms with Crippen molar-refractivity contribution in [2.24, 2.45) is 0 Å². The predicted octanol–water partition coefficient (Wildman–Crippen LogP) is 3.98. The molecule has 1 heterocycles. The van der Waals surface area contributed by atoms with E-state index in [2.05, 4.69) is 5.32 Å². The molecule has 0 fully saturated rings. The van der Waals surface area contributed by atoms with Gasteiger partial charge in [-0.2, -0.15) is 5.26 Å². The minimum Gasteiger partial charge on any atom is -0.398 e. The summed E-state index contributed by atoms with van der Waals surface area (Å²) in [5, 5.41) is 14.6. The second kappa shape index (κ2) is 7.36. The number of nitrogens with one attached hydrogen (secondary N) is 1. The summed E-state index contributed by atoms with van der Waals surface area (Å²) in [4.78, 5) is 12.6. The quantitative estimate of drug-likeness (QED) is 0.639. The Bertz CT molecular complexity index is 674. The van der Waals surface area contributed by atoms with E-state index in [9.17, 15) is 4.79 Å². The SMILES string of the molecule is N#Cc1ccsc1NC(=O)CCSc1c(N)cccc1Cl. The van der Waals surface area contributed by atoms with Crippen LogP contribution in [0.15, 0.2) is 34.5 Å². The zero-order valence-electron chi connectivity index (χ0n) is 10.9. The Balaban J connectivity index is 1.87. The summed E-state index contributed by atoms with van der Waals surface area (Å²) >= 11 is 8.84. The normalized spacial score (nSPS) is 10.1. The number of thiophene rings is 1. The first-order valence-corrected chi connectivity index (χ1v) is 8.30. The highest BCUT2D eigenvalue weighted by Gasteiger charge is 2.10. The second-order valence-corrected chi connectivity index (χ2v) is 6.51. The lowest BCUT2D eigenvalue weighted by atomic mass is 10.3. The van der Waals surface area contributed by atoms with E-state index in [1.807, 2.05) is 6.07 Å². The maximum atomic E-state index is 11.8. The topological polar surface area (TPSA) is 78.9 Å². The van der Waals surface area contributed by atoms with Crippen LogP contribution in [0, 0.1) is 11.3 Å². The van der Waals surface area contributed by atoms with Crippen LogP contribution in [-0.2, 0) is 4.79 Å². The number of nitriles is 1. The fraction of sp³-hybridized carbons (Fsp3) is 0.143. The number of amides is 1. The zero-order chi connectivity index (χ0) is 15.2. The van der Waals surface area contributed by atoms with Crippen molar-refractivity contribution in [1.29, 1.82) is 5.26 Å². The molecular weight excluding hydrogens is 326 g/mol. The number of hydrogen-bond donors (Lipinski definition) is 2. The Labute approximate surface area is 135 Å². The van der Waals surface area contributed by atoms with Crippen LogP contribution in [-0.4, -0.2) is 11.7 Å². The molecule has 2 rings (SSSR count). The number of benzene rings is 1. The third-order valence-electron chi connectivity index (χ3n) is 2.61. The smallest absolute Gasteiger partial charge is 0.225 e. The number of hydrogen-bond acceptors (Lipinski definition) is 5. The van der Waals surface area contributed by atoms with E-state index in [-0.39, 0.29) is 5.91 Å². The molecule has 0 aliphatic carbocycles. The van der Waals surface area contributed by atoms with Crippen molar-refractivity contribution in [1.82, 2.24) is 0 Å². The van der Waals surface area contributed by atoms with E-state index < -0.39 is 0 Å². The summed E-state index contributed by atoms with van der Waals surface area (Å²) in [6.45, 7) is 0. The van der Waals surface area contributed by atoms with Gasteiger partial charge < -0.3 is 11.1 Å². The first-order valence-electron chi connectivity index (χ1n) is 6.06. The number of rotatable bonds is 5. The van der Waals surface area contributed by atoms with Gasteiger partial charge >= 0.3 is 0 Å². The summed E-state index contributed by atoms with van der Waals surface area (Å²) in [5.41, 5.74) is 6.94. The van der Waals surface area contributed by atoms with Crippen LogP contribution in [0.5, 0.6) is 0 Å². The van der Waals surface area contributed by atoms with Crippen LogP contribution in [0.1, 0.15) is 12.0 Å². The lowest BCUT2D eigenvalue weighted by Crippen LogP contribution is -2.12. The molecule has 4 nitrogen and oxygen atoms in total. The average Bonchev–Trinajstić information content (AvgIpc) is 2.89. The Hall–Kier alpha value is -1.68. The van der Waals surface area contributed by atoms with E-state index in [1.54, 1.807) is 29.6 Å². The van der Waals surface area contributed by atoms with Gasteiger partial charge in [-0.1, -0.05) is 17.7 Å². The van der Waals surface area contributed by atoms with Crippen molar-refractivity contribution in [2.75, 3.05) is 16.8 Å². The lowest BCUT2D eigenvalue weighted by molar-refractivity contribution is -0.115. The molecular formula is C14H12ClN3OS2. The molecule has 0 aliphatic rings. The van der Waals surface area contributed by atoms with Gasteiger partial charge in [-0.15, -0.1) is 23.1 Å². The number of nitrogens with two attached hydrogens (primary N) is 1. The second-order valence-electron chi connectivity index (χ2n) is 4.08. The van der Waals surface area contributed by atoms with E-state index in [0.717, 1.165) is 4.90 Å². The summed E-state index contributed by atoms with van der Waals surface area (Å²) in [6.07, 6.45) is 0.318. The molecule has 1 aromatic heterocycles. The third-order valence-corrected chi connectivity index (χ3v) is 5.02. The number of halogens is 1. The van der Waals surface area contributed by atoms with Gasteiger partial charge in [0.25, 0.3) is 0 Å². The van der Waals surface area contributed by atoms with Gasteiger partial charge in [-0.25, -0.2) is 0 Å². The largest absolute Gasteiger partial charge is 0.398 e. The number of carbonyl (C=O) groups excluding carboxylic acids is 1. The predicted molar refractivity (Wildman–Crippen MR) is 88.9 cm³/mol. The molecule has 0 saturated heterocycles. The zero-order valence-corrected chi connectivity index (χ0v) is 13.3. The van der Waals surface area contributed by atoms with Gasteiger partial charge in [0.2, 0.25) is 5.91 Å². The first kappa shape index (κ1) is 15.7. The van der Waals surface area contributed by atoms with Crippen molar-refractivity contribution in [2.45, 2.75) is 11.3 Å². The van der Waals surface area contributed by atoms with E-state index in [4.69, 9.17) is 22.6 Å². The highest BCUT2D eigenvalue weighted by Crippen LogP contribution is 2.32. The van der Waals surface area contributed by atoms with Crippen LogP contribution >= 0.6 is 34.7 Å². The van der Waals surface area contributed by atoms with Crippen LogP contribution < -0.4 is 11.1 Å². The molecule has 0 saturated carbocycles. The van der Waals surface area contributed by atoms with Gasteiger partial charge in [0.15, 0.2) is 0 Å². The molecule has 0 radical (unpaired) electrons. The van der Waals surface area contributed by atoms with Crippen LogP contribution in [0.4, 0.5) is 10.7 Å². The van der Waals surface area contributed by atoms with Gasteiger partial charge in [-0.3, -0.25) is 4.79 Å². The standard InChI is InChI=1S/C14H12ClN3OS2/c15-10-2-1-3-11(17)13(10)20-7-5-12(19)18-14-9(8-16)4-6-21-14/h1-4,6H,5,7,17H2,(H,18,19). The molecule has 0 atom stereocenters. The molecule has 2 aromatic rings. The molecule has 0 spiro atoms. The average molecular weight is 338 g/mol. The fourth-order valence-corrected chi connectivity index (χ4v) is 3.64. The van der Waals surface area contributed by atoms with E-state index in [1.165, 1.54) is 23.1 Å². The summed E-state index contributed by atoms with van der Waals surface area (Å²) in [7, 11) is 0. The maximum Gasteiger partial charge on any atom is 0.225 e. The molecule has 21 heavy (non-hydrogen) atoms. The number of anilines is 2. The highest BCUT2D eigenvalue weighted by molar-refractivity contribution is 7.99. The molecule has 0 aliphatic heterocycles. The van der Waals surface area contributed by atoms with Crippen LogP contribution in [0.25, 0.3) is 0 Å². The Morgan fingerprint density at radius 3 is 3.00 bits per heavy atom. The van der Waals surface area contributed by atoms with Gasteiger partial charge in [0, 0.05) is 22.8 Å². The van der Waals surface area contributed by atoms with E-state index in [0.29, 0.717) is 33.4 Å². The highest BCUT2D eigenvalue weighted by atomic mass is 35.5. The molecule has 1 aromatic carbocycles. The molecule has 108 valence electrons. The van der Waals surface area contributed by atoms with Crippen molar-refractivity contribution in [3.8, 4) is 6.07 Å². The number of nitrogens with zero attached hydrogens (tertiary/aromatic N) is 1. The number of thioether (sulfide) groups is 1. The first-order chi connectivity index (χ1) is 10.1. The van der Waals surface area contributed by atoms with Crippen LogP contribution in [0.2, 0.25) is 5.02 Å². The summed E-state index contributed by atoms with van der Waals surface area (Å²) in [5.74, 6) is 0.430.